The molecule has 0 spiro atoms. The summed E-state index contributed by atoms with van der Waals surface area (Å²) in [7, 11) is 0. The Balaban J connectivity index is 2.49. The molecule has 0 unspecified atom stereocenters. The van der Waals surface area contributed by atoms with Crippen LogP contribution in [0.2, 0.25) is 0 Å². The fourth-order valence-corrected chi connectivity index (χ4v) is 1.36. The van der Waals surface area contributed by atoms with Gasteiger partial charge in [-0.15, -0.1) is 0 Å². The molecular weight excluding hydrogens is 201 g/mol. The van der Waals surface area contributed by atoms with Crippen LogP contribution in [-0.2, 0) is 6.42 Å². The van der Waals surface area contributed by atoms with Crippen LogP contribution in [0.1, 0.15) is 12.0 Å². The molecule has 0 bridgehead atoms. The lowest BCUT2D eigenvalue weighted by Gasteiger charge is -2.03. The number of benzene rings is 1. The zero-order chi connectivity index (χ0) is 10.4. The van der Waals surface area contributed by atoms with Crippen molar-refractivity contribution in [3.63, 3.8) is 0 Å². The molecule has 0 saturated carbocycles. The van der Waals surface area contributed by atoms with Crippen molar-refractivity contribution in [2.24, 2.45) is 5.73 Å². The molecule has 0 heterocycles. The Kier molecular flexibility index (Phi) is 4.63. The topological polar surface area (TPSA) is 26.0 Å². The standard InChI is InChI=1S/C11H13ClFN/c12-7-10(8-14)2-1-9-3-5-11(13)6-4-9/h3-7H,1-2,8,14H2. The molecule has 0 amide bonds. The first-order valence-electron chi connectivity index (χ1n) is 4.49. The van der Waals surface area contributed by atoms with Gasteiger partial charge in [0.05, 0.1) is 0 Å². The van der Waals surface area contributed by atoms with Crippen molar-refractivity contribution in [1.82, 2.24) is 0 Å². The Morgan fingerprint density at radius 3 is 2.50 bits per heavy atom. The molecule has 14 heavy (non-hydrogen) atoms. The van der Waals surface area contributed by atoms with E-state index in [0.717, 1.165) is 24.0 Å². The van der Waals surface area contributed by atoms with Crippen molar-refractivity contribution in [1.29, 1.82) is 0 Å². The third-order valence-electron chi connectivity index (χ3n) is 2.06. The number of rotatable bonds is 4. The largest absolute Gasteiger partial charge is 0.327 e. The zero-order valence-electron chi connectivity index (χ0n) is 7.84. The fourth-order valence-electron chi connectivity index (χ4n) is 1.16. The van der Waals surface area contributed by atoms with Crippen LogP contribution < -0.4 is 5.73 Å². The molecule has 1 rings (SSSR count). The summed E-state index contributed by atoms with van der Waals surface area (Å²) in [4.78, 5) is 0. The summed E-state index contributed by atoms with van der Waals surface area (Å²) >= 11 is 5.56. The predicted molar refractivity (Wildman–Crippen MR) is 57.7 cm³/mol. The van der Waals surface area contributed by atoms with E-state index in [1.54, 1.807) is 12.1 Å². The molecule has 1 aromatic rings. The van der Waals surface area contributed by atoms with Gasteiger partial charge >= 0.3 is 0 Å². The Morgan fingerprint density at radius 1 is 1.36 bits per heavy atom. The molecule has 76 valence electrons. The number of hydrogen-bond donors (Lipinski definition) is 1. The van der Waals surface area contributed by atoms with Gasteiger partial charge in [0.1, 0.15) is 5.82 Å². The molecule has 1 aromatic carbocycles. The molecule has 0 aliphatic rings. The third kappa shape index (κ3) is 3.48. The Labute approximate surface area is 88.4 Å². The average molecular weight is 214 g/mol. The van der Waals surface area contributed by atoms with E-state index in [9.17, 15) is 4.39 Å². The van der Waals surface area contributed by atoms with Gasteiger partial charge in [-0.3, -0.25) is 0 Å². The molecule has 0 fully saturated rings. The predicted octanol–water partition coefficient (Wildman–Crippen LogP) is 2.84. The van der Waals surface area contributed by atoms with Crippen molar-refractivity contribution >= 4 is 11.6 Å². The summed E-state index contributed by atoms with van der Waals surface area (Å²) in [6.45, 7) is 0.477. The third-order valence-corrected chi connectivity index (χ3v) is 2.37. The summed E-state index contributed by atoms with van der Waals surface area (Å²) in [6, 6.07) is 6.47. The van der Waals surface area contributed by atoms with Crippen LogP contribution >= 0.6 is 11.6 Å². The van der Waals surface area contributed by atoms with Crippen molar-refractivity contribution in [2.75, 3.05) is 6.54 Å². The van der Waals surface area contributed by atoms with E-state index in [1.165, 1.54) is 17.7 Å². The minimum atomic E-state index is -0.208. The van der Waals surface area contributed by atoms with Crippen LogP contribution in [0.25, 0.3) is 0 Å². The van der Waals surface area contributed by atoms with Gasteiger partial charge in [0.25, 0.3) is 0 Å². The first kappa shape index (κ1) is 11.2. The lowest BCUT2D eigenvalue weighted by atomic mass is 10.1. The molecule has 0 radical (unpaired) electrons. The van der Waals surface area contributed by atoms with Gasteiger partial charge in [-0.1, -0.05) is 23.7 Å². The molecule has 0 saturated heterocycles. The summed E-state index contributed by atoms with van der Waals surface area (Å²) < 4.78 is 12.6. The first-order chi connectivity index (χ1) is 6.76. The highest BCUT2D eigenvalue weighted by atomic mass is 35.5. The maximum atomic E-state index is 12.6. The van der Waals surface area contributed by atoms with Gasteiger partial charge in [0.15, 0.2) is 0 Å². The van der Waals surface area contributed by atoms with E-state index in [-0.39, 0.29) is 5.82 Å². The molecule has 0 aliphatic carbocycles. The van der Waals surface area contributed by atoms with Crippen LogP contribution in [0.4, 0.5) is 4.39 Å². The van der Waals surface area contributed by atoms with Gasteiger partial charge < -0.3 is 5.73 Å². The fraction of sp³-hybridized carbons (Fsp3) is 0.273. The zero-order valence-corrected chi connectivity index (χ0v) is 8.60. The highest BCUT2D eigenvalue weighted by Gasteiger charge is 1.97. The molecular formula is C11H13ClFN. The summed E-state index contributed by atoms with van der Waals surface area (Å²) in [5.41, 5.74) is 9.08. The summed E-state index contributed by atoms with van der Waals surface area (Å²) in [6.07, 6.45) is 1.67. The Morgan fingerprint density at radius 2 is 2.00 bits per heavy atom. The van der Waals surface area contributed by atoms with E-state index < -0.39 is 0 Å². The van der Waals surface area contributed by atoms with Crippen LogP contribution in [0.3, 0.4) is 0 Å². The summed E-state index contributed by atoms with van der Waals surface area (Å²) in [5.74, 6) is -0.208. The van der Waals surface area contributed by atoms with Crippen LogP contribution in [0.15, 0.2) is 35.4 Å². The monoisotopic (exact) mass is 213 g/mol. The number of aryl methyl sites for hydroxylation is 1. The lowest BCUT2D eigenvalue weighted by Crippen LogP contribution is -2.03. The molecule has 0 aliphatic heterocycles. The molecule has 0 atom stereocenters. The van der Waals surface area contributed by atoms with E-state index >= 15 is 0 Å². The minimum absolute atomic E-state index is 0.208. The maximum Gasteiger partial charge on any atom is 0.123 e. The second-order valence-electron chi connectivity index (χ2n) is 3.10. The molecule has 1 nitrogen and oxygen atoms in total. The van der Waals surface area contributed by atoms with E-state index in [0.29, 0.717) is 6.54 Å². The number of nitrogens with two attached hydrogens (primary N) is 1. The quantitative estimate of drug-likeness (QED) is 0.818. The maximum absolute atomic E-state index is 12.6. The van der Waals surface area contributed by atoms with E-state index in [1.807, 2.05) is 0 Å². The Hall–Kier alpha value is -0.860. The van der Waals surface area contributed by atoms with Gasteiger partial charge in [-0.25, -0.2) is 4.39 Å². The number of hydrogen-bond acceptors (Lipinski definition) is 1. The van der Waals surface area contributed by atoms with Crippen molar-refractivity contribution in [3.05, 3.63) is 46.8 Å². The first-order valence-corrected chi connectivity index (χ1v) is 4.92. The van der Waals surface area contributed by atoms with E-state index in [4.69, 9.17) is 17.3 Å². The lowest BCUT2D eigenvalue weighted by molar-refractivity contribution is 0.627. The Bertz CT molecular complexity index is 306. The van der Waals surface area contributed by atoms with Gasteiger partial charge in [0, 0.05) is 12.1 Å². The van der Waals surface area contributed by atoms with Crippen molar-refractivity contribution in [2.45, 2.75) is 12.8 Å². The average Bonchev–Trinajstić information content (AvgIpc) is 2.22. The highest BCUT2D eigenvalue weighted by molar-refractivity contribution is 6.25. The molecule has 2 N–H and O–H groups in total. The van der Waals surface area contributed by atoms with Gasteiger partial charge in [-0.05, 0) is 36.1 Å². The number of halogens is 2. The SMILES string of the molecule is NCC(=CCl)CCc1ccc(F)cc1. The minimum Gasteiger partial charge on any atom is -0.327 e. The smallest absolute Gasteiger partial charge is 0.123 e. The normalized spacial score (nSPS) is 11.8. The molecule has 3 heteroatoms. The second kappa shape index (κ2) is 5.78. The van der Waals surface area contributed by atoms with Gasteiger partial charge in [-0.2, -0.15) is 0 Å². The summed E-state index contributed by atoms with van der Waals surface area (Å²) in [5, 5.41) is 0. The van der Waals surface area contributed by atoms with Crippen molar-refractivity contribution in [3.8, 4) is 0 Å². The van der Waals surface area contributed by atoms with Crippen LogP contribution in [-0.4, -0.2) is 6.54 Å². The van der Waals surface area contributed by atoms with Gasteiger partial charge in [0.2, 0.25) is 0 Å². The van der Waals surface area contributed by atoms with Crippen molar-refractivity contribution < 1.29 is 4.39 Å². The molecule has 0 aromatic heterocycles. The van der Waals surface area contributed by atoms with E-state index in [2.05, 4.69) is 0 Å². The second-order valence-corrected chi connectivity index (χ2v) is 3.32. The highest BCUT2D eigenvalue weighted by Crippen LogP contribution is 2.10. The van der Waals surface area contributed by atoms with Crippen LogP contribution in [0, 0.1) is 5.82 Å². The van der Waals surface area contributed by atoms with Crippen LogP contribution in [0.5, 0.6) is 0 Å².